The fraction of sp³-hybridized carbons (Fsp3) is 0.409. The minimum atomic E-state index is -0.142. The van der Waals surface area contributed by atoms with Crippen LogP contribution in [0, 0.1) is 6.92 Å². The summed E-state index contributed by atoms with van der Waals surface area (Å²) in [6, 6.07) is 10.3. The molecular formula is C22H25N3O2S. The van der Waals surface area contributed by atoms with Crippen molar-refractivity contribution in [2.45, 2.75) is 58.0 Å². The number of nitrogens with zero attached hydrogens (tertiary/aromatic N) is 2. The molecule has 1 saturated carbocycles. The fourth-order valence-electron chi connectivity index (χ4n) is 3.99. The number of carbonyl (C=O) groups is 1. The number of nitrogens with one attached hydrogen (secondary N) is 1. The summed E-state index contributed by atoms with van der Waals surface area (Å²) in [6.07, 6.45) is 8.37. The van der Waals surface area contributed by atoms with Gasteiger partial charge in [0, 0.05) is 10.9 Å². The van der Waals surface area contributed by atoms with Crippen LogP contribution in [0.5, 0.6) is 0 Å². The molecule has 0 aliphatic heterocycles. The number of amides is 1. The van der Waals surface area contributed by atoms with Crippen LogP contribution in [0.1, 0.15) is 44.1 Å². The smallest absolute Gasteiger partial charge is 0.262 e. The summed E-state index contributed by atoms with van der Waals surface area (Å²) in [5.41, 5.74) is 1.87. The first-order valence-electron chi connectivity index (χ1n) is 9.97. The number of thiophene rings is 1. The van der Waals surface area contributed by atoms with Gasteiger partial charge < -0.3 is 5.32 Å². The second kappa shape index (κ2) is 8.27. The molecule has 146 valence electrons. The average molecular weight is 396 g/mol. The monoisotopic (exact) mass is 395 g/mol. The Morgan fingerprint density at radius 1 is 1.18 bits per heavy atom. The Balaban J connectivity index is 1.58. The third-order valence-electron chi connectivity index (χ3n) is 5.49. The second-order valence-electron chi connectivity index (χ2n) is 7.54. The summed E-state index contributed by atoms with van der Waals surface area (Å²) >= 11 is 1.52. The van der Waals surface area contributed by atoms with Crippen molar-refractivity contribution in [2.24, 2.45) is 0 Å². The number of fused-ring (bicyclic) bond motifs is 1. The standard InChI is InChI=1S/C22H25N3O2S/c1-15-19-21(28-20(15)16-9-5-4-6-10-16)23-14-25(22(19)27)13-18(26)24-17-11-7-2-3-8-12-17/h4-6,9-10,14,17H,2-3,7-8,11-13H2,1H3,(H,24,26). The first kappa shape index (κ1) is 18.9. The Labute approximate surface area is 168 Å². The zero-order valence-corrected chi connectivity index (χ0v) is 16.9. The number of benzene rings is 1. The van der Waals surface area contributed by atoms with Crippen LogP contribution in [-0.4, -0.2) is 21.5 Å². The van der Waals surface area contributed by atoms with E-state index in [2.05, 4.69) is 10.3 Å². The van der Waals surface area contributed by atoms with E-state index in [4.69, 9.17) is 0 Å². The predicted octanol–water partition coefficient (Wildman–Crippen LogP) is 4.27. The fourth-order valence-corrected chi connectivity index (χ4v) is 5.13. The summed E-state index contributed by atoms with van der Waals surface area (Å²) in [7, 11) is 0. The number of hydrogen-bond donors (Lipinski definition) is 1. The zero-order chi connectivity index (χ0) is 19.5. The molecule has 1 fully saturated rings. The molecule has 28 heavy (non-hydrogen) atoms. The molecule has 1 aromatic carbocycles. The number of carbonyl (C=O) groups excluding carboxylic acids is 1. The number of rotatable bonds is 4. The van der Waals surface area contributed by atoms with Crippen LogP contribution >= 0.6 is 11.3 Å². The molecule has 5 nitrogen and oxygen atoms in total. The molecule has 2 heterocycles. The van der Waals surface area contributed by atoms with Gasteiger partial charge in [0.2, 0.25) is 5.91 Å². The van der Waals surface area contributed by atoms with Crippen LogP contribution in [-0.2, 0) is 11.3 Å². The lowest BCUT2D eigenvalue weighted by Gasteiger charge is -2.16. The summed E-state index contributed by atoms with van der Waals surface area (Å²) in [6.45, 7) is 1.98. The average Bonchev–Trinajstić information content (AvgIpc) is 2.86. The van der Waals surface area contributed by atoms with Gasteiger partial charge in [-0.1, -0.05) is 56.0 Å². The van der Waals surface area contributed by atoms with Crippen molar-refractivity contribution in [1.82, 2.24) is 14.9 Å². The van der Waals surface area contributed by atoms with Crippen molar-refractivity contribution < 1.29 is 4.79 Å². The third-order valence-corrected chi connectivity index (χ3v) is 6.74. The lowest BCUT2D eigenvalue weighted by Crippen LogP contribution is -2.38. The third kappa shape index (κ3) is 3.87. The molecular weight excluding hydrogens is 370 g/mol. The van der Waals surface area contributed by atoms with Crippen LogP contribution in [0.15, 0.2) is 41.5 Å². The molecule has 1 N–H and O–H groups in total. The molecule has 0 radical (unpaired) electrons. The topological polar surface area (TPSA) is 64.0 Å². The van der Waals surface area contributed by atoms with E-state index in [1.54, 1.807) is 0 Å². The van der Waals surface area contributed by atoms with E-state index in [0.717, 1.165) is 46.5 Å². The lowest BCUT2D eigenvalue weighted by molar-refractivity contribution is -0.122. The van der Waals surface area contributed by atoms with Gasteiger partial charge in [-0.05, 0) is 30.9 Å². The largest absolute Gasteiger partial charge is 0.352 e. The van der Waals surface area contributed by atoms with Gasteiger partial charge in [0.05, 0.1) is 11.7 Å². The van der Waals surface area contributed by atoms with Crippen LogP contribution in [0.25, 0.3) is 20.7 Å². The Hall–Kier alpha value is -2.47. The highest BCUT2D eigenvalue weighted by atomic mass is 32.1. The van der Waals surface area contributed by atoms with Crippen molar-refractivity contribution >= 4 is 27.5 Å². The molecule has 1 amide bonds. The van der Waals surface area contributed by atoms with E-state index in [9.17, 15) is 9.59 Å². The highest BCUT2D eigenvalue weighted by Gasteiger charge is 2.18. The highest BCUT2D eigenvalue weighted by molar-refractivity contribution is 7.22. The van der Waals surface area contributed by atoms with E-state index in [0.29, 0.717) is 5.39 Å². The Bertz CT molecular complexity index is 1030. The minimum absolute atomic E-state index is 0.0221. The minimum Gasteiger partial charge on any atom is -0.352 e. The molecule has 0 unspecified atom stereocenters. The quantitative estimate of drug-likeness (QED) is 0.671. The zero-order valence-electron chi connectivity index (χ0n) is 16.1. The summed E-state index contributed by atoms with van der Waals surface area (Å²) in [5, 5.41) is 3.72. The highest BCUT2D eigenvalue weighted by Crippen LogP contribution is 2.35. The molecule has 0 saturated heterocycles. The van der Waals surface area contributed by atoms with E-state index >= 15 is 0 Å². The van der Waals surface area contributed by atoms with Crippen LogP contribution in [0.2, 0.25) is 0 Å². The molecule has 4 rings (SSSR count). The molecule has 1 aliphatic carbocycles. The number of aromatic nitrogens is 2. The number of aryl methyl sites for hydroxylation is 1. The Morgan fingerprint density at radius 2 is 1.89 bits per heavy atom. The van der Waals surface area contributed by atoms with Gasteiger partial charge in [0.15, 0.2) is 0 Å². The normalized spacial score (nSPS) is 15.5. The van der Waals surface area contributed by atoms with Gasteiger partial charge in [-0.2, -0.15) is 0 Å². The van der Waals surface area contributed by atoms with Crippen molar-refractivity contribution in [2.75, 3.05) is 0 Å². The van der Waals surface area contributed by atoms with Crippen LogP contribution in [0.3, 0.4) is 0 Å². The van der Waals surface area contributed by atoms with E-state index in [-0.39, 0.29) is 24.1 Å². The maximum absolute atomic E-state index is 13.0. The SMILES string of the molecule is Cc1c(-c2ccccc2)sc2ncn(CC(=O)NC3CCCCCC3)c(=O)c12. The molecule has 3 aromatic rings. The lowest BCUT2D eigenvalue weighted by atomic mass is 10.1. The molecule has 0 atom stereocenters. The maximum atomic E-state index is 13.0. The van der Waals surface area contributed by atoms with Crippen molar-refractivity contribution in [3.8, 4) is 10.4 Å². The maximum Gasteiger partial charge on any atom is 0.262 e. The summed E-state index contributed by atoms with van der Waals surface area (Å²) in [4.78, 5) is 31.8. The van der Waals surface area contributed by atoms with E-state index in [1.165, 1.54) is 35.1 Å². The predicted molar refractivity (Wildman–Crippen MR) is 114 cm³/mol. The van der Waals surface area contributed by atoms with Crippen LogP contribution < -0.4 is 10.9 Å². The van der Waals surface area contributed by atoms with Gasteiger partial charge in [-0.25, -0.2) is 4.98 Å². The molecule has 1 aliphatic rings. The van der Waals surface area contributed by atoms with Gasteiger partial charge in [0.1, 0.15) is 11.4 Å². The molecule has 0 spiro atoms. The van der Waals surface area contributed by atoms with Crippen molar-refractivity contribution in [3.63, 3.8) is 0 Å². The summed E-state index contributed by atoms with van der Waals surface area (Å²) in [5.74, 6) is -0.105. The first-order chi connectivity index (χ1) is 13.6. The summed E-state index contributed by atoms with van der Waals surface area (Å²) < 4.78 is 1.43. The van der Waals surface area contributed by atoms with Crippen molar-refractivity contribution in [1.29, 1.82) is 0 Å². The Morgan fingerprint density at radius 3 is 2.61 bits per heavy atom. The van der Waals surface area contributed by atoms with E-state index in [1.807, 2.05) is 37.3 Å². The Kier molecular flexibility index (Phi) is 5.57. The first-order valence-corrected chi connectivity index (χ1v) is 10.8. The van der Waals surface area contributed by atoms with Crippen molar-refractivity contribution in [3.05, 3.63) is 52.6 Å². The van der Waals surface area contributed by atoms with E-state index < -0.39 is 0 Å². The molecule has 0 bridgehead atoms. The number of hydrogen-bond acceptors (Lipinski definition) is 4. The molecule has 6 heteroatoms. The van der Waals surface area contributed by atoms with Gasteiger partial charge in [-0.3, -0.25) is 14.2 Å². The van der Waals surface area contributed by atoms with Gasteiger partial charge in [0.25, 0.3) is 5.56 Å². The van der Waals surface area contributed by atoms with Gasteiger partial charge >= 0.3 is 0 Å². The second-order valence-corrected chi connectivity index (χ2v) is 8.54. The van der Waals surface area contributed by atoms with Crippen LogP contribution in [0.4, 0.5) is 0 Å². The molecule has 2 aromatic heterocycles. The van der Waals surface area contributed by atoms with Gasteiger partial charge in [-0.15, -0.1) is 11.3 Å².